The molecule has 174 valence electrons. The van der Waals surface area contributed by atoms with Crippen molar-refractivity contribution in [3.63, 3.8) is 0 Å². The lowest BCUT2D eigenvalue weighted by atomic mass is 9.90. The number of hydrogen-bond acceptors (Lipinski definition) is 5. The van der Waals surface area contributed by atoms with Crippen molar-refractivity contribution in [2.24, 2.45) is 5.92 Å². The fourth-order valence-electron chi connectivity index (χ4n) is 4.48. The highest BCUT2D eigenvalue weighted by atomic mass is 32.2. The van der Waals surface area contributed by atoms with E-state index in [0.717, 1.165) is 32.4 Å². The van der Waals surface area contributed by atoms with Crippen LogP contribution in [0.3, 0.4) is 0 Å². The molecule has 0 bridgehead atoms. The van der Waals surface area contributed by atoms with Crippen LogP contribution in [0, 0.1) is 5.92 Å². The number of rotatable bonds is 8. The summed E-state index contributed by atoms with van der Waals surface area (Å²) in [6, 6.07) is 17.7. The number of methoxy groups -OCH3 is 1. The van der Waals surface area contributed by atoms with Crippen LogP contribution in [0.4, 0.5) is 0 Å². The Bertz CT molecular complexity index is 1140. The predicted molar refractivity (Wildman–Crippen MR) is 133 cm³/mol. The summed E-state index contributed by atoms with van der Waals surface area (Å²) in [7, 11) is 1.62. The van der Waals surface area contributed by atoms with Crippen molar-refractivity contribution in [2.45, 2.75) is 37.4 Å². The molecule has 1 amide bonds. The quantitative estimate of drug-likeness (QED) is 0.369. The van der Waals surface area contributed by atoms with Gasteiger partial charge >= 0.3 is 0 Å². The first kappa shape index (κ1) is 23.5. The molecule has 1 unspecified atom stereocenters. The molecule has 6 nitrogen and oxygen atoms in total. The Kier molecular flexibility index (Phi) is 7.83. The van der Waals surface area contributed by atoms with Crippen LogP contribution in [0.15, 0.2) is 64.5 Å². The van der Waals surface area contributed by atoms with E-state index in [1.54, 1.807) is 17.7 Å². The first-order valence-electron chi connectivity index (χ1n) is 11.5. The number of ether oxygens (including phenoxy) is 1. The van der Waals surface area contributed by atoms with Gasteiger partial charge in [0.25, 0.3) is 5.56 Å². The van der Waals surface area contributed by atoms with E-state index in [9.17, 15) is 9.59 Å². The molecular weight excluding hydrogens is 434 g/mol. The van der Waals surface area contributed by atoms with Crippen LogP contribution in [-0.4, -0.2) is 52.9 Å². The largest absolute Gasteiger partial charge is 0.383 e. The molecular formula is C26H31N3O3S. The number of nitrogens with zero attached hydrogens (tertiary/aromatic N) is 3. The van der Waals surface area contributed by atoms with Crippen molar-refractivity contribution in [1.29, 1.82) is 0 Å². The predicted octanol–water partition coefficient (Wildman–Crippen LogP) is 4.18. The van der Waals surface area contributed by atoms with Gasteiger partial charge in [-0.3, -0.25) is 14.2 Å². The van der Waals surface area contributed by atoms with Gasteiger partial charge < -0.3 is 9.64 Å². The Labute approximate surface area is 199 Å². The minimum Gasteiger partial charge on any atom is -0.383 e. The summed E-state index contributed by atoms with van der Waals surface area (Å²) in [5.74, 6) is 0.992. The Hall–Kier alpha value is -2.64. The molecule has 1 saturated heterocycles. The van der Waals surface area contributed by atoms with E-state index in [4.69, 9.17) is 9.72 Å². The number of carbonyl (C=O) groups is 1. The highest BCUT2D eigenvalue weighted by molar-refractivity contribution is 7.99. The van der Waals surface area contributed by atoms with Crippen molar-refractivity contribution < 1.29 is 9.53 Å². The highest BCUT2D eigenvalue weighted by Crippen LogP contribution is 2.25. The van der Waals surface area contributed by atoms with Crippen LogP contribution in [0.1, 0.15) is 31.4 Å². The third-order valence-corrected chi connectivity index (χ3v) is 7.22. The number of carbonyl (C=O) groups excluding carboxylic acids is 1. The average Bonchev–Trinajstić information content (AvgIpc) is 2.84. The van der Waals surface area contributed by atoms with Gasteiger partial charge in [-0.1, -0.05) is 54.2 Å². The van der Waals surface area contributed by atoms with Gasteiger partial charge in [0.05, 0.1) is 29.3 Å². The maximum atomic E-state index is 13.2. The number of likely N-dealkylation sites (tertiary alicyclic amines) is 1. The van der Waals surface area contributed by atoms with Crippen molar-refractivity contribution in [1.82, 2.24) is 14.5 Å². The molecule has 3 aromatic rings. The third kappa shape index (κ3) is 5.65. The Morgan fingerprint density at radius 3 is 2.55 bits per heavy atom. The summed E-state index contributed by atoms with van der Waals surface area (Å²) >= 11 is 1.34. The molecule has 33 heavy (non-hydrogen) atoms. The smallest absolute Gasteiger partial charge is 0.262 e. The second kappa shape index (κ2) is 11.0. The molecule has 4 rings (SSSR count). The molecule has 0 radical (unpaired) electrons. The molecule has 0 aliphatic carbocycles. The van der Waals surface area contributed by atoms with Crippen LogP contribution in [-0.2, 0) is 16.0 Å². The van der Waals surface area contributed by atoms with E-state index in [1.807, 2.05) is 36.1 Å². The van der Waals surface area contributed by atoms with Gasteiger partial charge in [-0.15, -0.1) is 0 Å². The van der Waals surface area contributed by atoms with E-state index >= 15 is 0 Å². The summed E-state index contributed by atoms with van der Waals surface area (Å²) in [6.45, 7) is 3.91. The maximum absolute atomic E-state index is 13.2. The number of fused-ring (bicyclic) bond motifs is 1. The van der Waals surface area contributed by atoms with Crippen LogP contribution in [0.5, 0.6) is 0 Å². The van der Waals surface area contributed by atoms with Gasteiger partial charge in [0.15, 0.2) is 5.16 Å². The highest BCUT2D eigenvalue weighted by Gasteiger charge is 2.24. The zero-order valence-electron chi connectivity index (χ0n) is 19.3. The summed E-state index contributed by atoms with van der Waals surface area (Å²) in [5.41, 5.74) is 1.92. The zero-order valence-corrected chi connectivity index (χ0v) is 20.1. The van der Waals surface area contributed by atoms with Gasteiger partial charge in [0.2, 0.25) is 5.91 Å². The molecule has 0 spiro atoms. The van der Waals surface area contributed by atoms with E-state index in [1.165, 1.54) is 17.3 Å². The second-order valence-corrected chi connectivity index (χ2v) is 9.64. The minimum absolute atomic E-state index is 0.0955. The molecule has 7 heteroatoms. The van der Waals surface area contributed by atoms with Gasteiger partial charge in [0.1, 0.15) is 0 Å². The van der Waals surface area contributed by atoms with Gasteiger partial charge in [-0.25, -0.2) is 4.98 Å². The summed E-state index contributed by atoms with van der Waals surface area (Å²) < 4.78 is 6.94. The molecule has 1 fully saturated rings. The topological polar surface area (TPSA) is 64.4 Å². The molecule has 1 aliphatic rings. The first-order valence-corrected chi connectivity index (χ1v) is 12.5. The summed E-state index contributed by atoms with van der Waals surface area (Å²) in [5, 5.41) is 1.15. The second-order valence-electron chi connectivity index (χ2n) is 8.69. The van der Waals surface area contributed by atoms with Gasteiger partial charge in [0, 0.05) is 20.2 Å². The lowest BCUT2D eigenvalue weighted by molar-refractivity contribution is -0.129. The number of hydrogen-bond donors (Lipinski definition) is 0. The number of benzene rings is 2. The average molecular weight is 466 g/mol. The molecule has 1 aliphatic heterocycles. The Morgan fingerprint density at radius 2 is 1.82 bits per heavy atom. The van der Waals surface area contributed by atoms with Crippen molar-refractivity contribution in [2.75, 3.05) is 32.6 Å². The summed E-state index contributed by atoms with van der Waals surface area (Å²) in [6.07, 6.45) is 3.12. The number of amides is 1. The minimum atomic E-state index is -0.175. The summed E-state index contributed by atoms with van der Waals surface area (Å²) in [4.78, 5) is 32.8. The number of piperidine rings is 1. The molecule has 0 N–H and O–H groups in total. The molecule has 1 atom stereocenters. The Morgan fingerprint density at radius 1 is 1.12 bits per heavy atom. The van der Waals surface area contributed by atoms with Crippen LogP contribution in [0.2, 0.25) is 0 Å². The normalized spacial score (nSPS) is 15.6. The van der Waals surface area contributed by atoms with Crippen LogP contribution >= 0.6 is 11.8 Å². The molecule has 2 heterocycles. The monoisotopic (exact) mass is 465 g/mol. The van der Waals surface area contributed by atoms with E-state index in [-0.39, 0.29) is 23.3 Å². The fourth-order valence-corrected chi connectivity index (χ4v) is 5.48. The molecule has 0 saturated carbocycles. The molecule has 1 aromatic heterocycles. The van der Waals surface area contributed by atoms with E-state index in [2.05, 4.69) is 24.3 Å². The SMILES string of the molecule is COCC(C)n1c(SCC(=O)N2CCC(Cc3ccccc3)CC2)nc2ccccc2c1=O. The Balaban J connectivity index is 1.41. The van der Waals surface area contributed by atoms with Gasteiger partial charge in [-0.2, -0.15) is 0 Å². The van der Waals surface area contributed by atoms with Crippen molar-refractivity contribution in [3.05, 3.63) is 70.5 Å². The van der Waals surface area contributed by atoms with Gasteiger partial charge in [-0.05, 0) is 49.8 Å². The van der Waals surface area contributed by atoms with Crippen molar-refractivity contribution >= 4 is 28.6 Å². The van der Waals surface area contributed by atoms with Crippen molar-refractivity contribution in [3.8, 4) is 0 Å². The maximum Gasteiger partial charge on any atom is 0.262 e. The first-order chi connectivity index (χ1) is 16.1. The van der Waals surface area contributed by atoms with Crippen LogP contribution in [0.25, 0.3) is 10.9 Å². The fraction of sp³-hybridized carbons (Fsp3) is 0.423. The number of thioether (sulfide) groups is 1. The standard InChI is InChI=1S/C26H31N3O3S/c1-19(17-32-2)29-25(31)22-10-6-7-11-23(22)27-26(29)33-18-24(30)28-14-12-21(13-15-28)16-20-8-4-3-5-9-20/h3-11,19,21H,12-18H2,1-2H3. The number of para-hydroxylation sites is 1. The van der Waals surface area contributed by atoms with E-state index in [0.29, 0.717) is 28.6 Å². The zero-order chi connectivity index (χ0) is 23.2. The third-order valence-electron chi connectivity index (χ3n) is 6.28. The lowest BCUT2D eigenvalue weighted by Crippen LogP contribution is -2.40. The van der Waals surface area contributed by atoms with Crippen LogP contribution < -0.4 is 5.56 Å². The van der Waals surface area contributed by atoms with E-state index < -0.39 is 0 Å². The molecule has 2 aromatic carbocycles. The lowest BCUT2D eigenvalue weighted by Gasteiger charge is -2.32. The number of aromatic nitrogens is 2.